The molecule has 3 aliphatic rings. The van der Waals surface area contributed by atoms with E-state index < -0.39 is 5.60 Å². The molecular formula is C22H38N2O5. The van der Waals surface area contributed by atoms with Crippen LogP contribution in [0.25, 0.3) is 0 Å². The summed E-state index contributed by atoms with van der Waals surface area (Å²) in [7, 11) is 0. The Morgan fingerprint density at radius 2 is 1.66 bits per heavy atom. The van der Waals surface area contributed by atoms with E-state index in [-0.39, 0.29) is 36.4 Å². The molecule has 29 heavy (non-hydrogen) atoms. The lowest BCUT2D eigenvalue weighted by Crippen LogP contribution is -2.59. The van der Waals surface area contributed by atoms with Gasteiger partial charge in [0.2, 0.25) is 0 Å². The number of nitrogens with zero attached hydrogens (tertiary/aromatic N) is 2. The van der Waals surface area contributed by atoms with Crippen LogP contribution in [-0.4, -0.2) is 72.1 Å². The summed E-state index contributed by atoms with van der Waals surface area (Å²) in [6.07, 6.45) is 6.25. The highest BCUT2D eigenvalue weighted by Gasteiger charge is 2.43. The average Bonchev–Trinajstić information content (AvgIpc) is 3.09. The fraction of sp³-hybridized carbons (Fsp3) is 0.909. The summed E-state index contributed by atoms with van der Waals surface area (Å²) < 4.78 is 17.4. The highest BCUT2D eigenvalue weighted by molar-refractivity contribution is 5.76. The summed E-state index contributed by atoms with van der Waals surface area (Å²) in [5.41, 5.74) is -0.482. The molecular weight excluding hydrogens is 372 g/mol. The Morgan fingerprint density at radius 1 is 0.966 bits per heavy atom. The van der Waals surface area contributed by atoms with Crippen LogP contribution >= 0.6 is 0 Å². The molecule has 0 spiro atoms. The van der Waals surface area contributed by atoms with E-state index >= 15 is 0 Å². The van der Waals surface area contributed by atoms with Gasteiger partial charge in [0.1, 0.15) is 11.6 Å². The van der Waals surface area contributed by atoms with Crippen molar-refractivity contribution in [2.45, 2.75) is 96.7 Å². The molecule has 0 unspecified atom stereocenters. The summed E-state index contributed by atoms with van der Waals surface area (Å²) in [5, 5.41) is 0. The smallest absolute Gasteiger partial charge is 0.323 e. The molecule has 0 N–H and O–H groups in total. The summed E-state index contributed by atoms with van der Waals surface area (Å²) in [6.45, 7) is 10.9. The van der Waals surface area contributed by atoms with Gasteiger partial charge in [-0.25, -0.2) is 0 Å². The van der Waals surface area contributed by atoms with Crippen LogP contribution in [0.4, 0.5) is 0 Å². The summed E-state index contributed by atoms with van der Waals surface area (Å²) in [6, 6.07) is -0.240. The molecule has 0 aromatic rings. The Balaban J connectivity index is 1.60. The normalized spacial score (nSPS) is 29.9. The summed E-state index contributed by atoms with van der Waals surface area (Å²) in [4.78, 5) is 29.3. The minimum atomic E-state index is -0.482. The maximum atomic E-state index is 12.8. The second-order valence-electron chi connectivity index (χ2n) is 9.51. The molecule has 0 radical (unpaired) electrons. The molecule has 3 fully saturated rings. The van der Waals surface area contributed by atoms with E-state index in [1.807, 2.05) is 27.7 Å². The first-order chi connectivity index (χ1) is 13.8. The molecule has 0 bridgehead atoms. The lowest BCUT2D eigenvalue weighted by atomic mass is 9.87. The van der Waals surface area contributed by atoms with Crippen molar-refractivity contribution >= 4 is 11.9 Å². The van der Waals surface area contributed by atoms with Crippen LogP contribution in [-0.2, 0) is 23.8 Å². The molecule has 2 saturated heterocycles. The fourth-order valence-corrected chi connectivity index (χ4v) is 4.48. The van der Waals surface area contributed by atoms with Gasteiger partial charge < -0.3 is 14.2 Å². The second kappa shape index (κ2) is 9.75. The zero-order valence-corrected chi connectivity index (χ0v) is 18.5. The van der Waals surface area contributed by atoms with Crippen LogP contribution in [0.15, 0.2) is 0 Å². The van der Waals surface area contributed by atoms with Crippen molar-refractivity contribution in [3.05, 3.63) is 0 Å². The van der Waals surface area contributed by atoms with Crippen LogP contribution in [0.2, 0.25) is 0 Å². The van der Waals surface area contributed by atoms with Gasteiger partial charge >= 0.3 is 11.9 Å². The van der Waals surface area contributed by atoms with Gasteiger partial charge in [0, 0.05) is 19.6 Å². The van der Waals surface area contributed by atoms with Crippen molar-refractivity contribution in [1.82, 2.24) is 9.80 Å². The Labute approximate surface area is 175 Å². The Kier molecular flexibility index (Phi) is 7.57. The molecule has 1 saturated carbocycles. The van der Waals surface area contributed by atoms with E-state index in [9.17, 15) is 9.59 Å². The van der Waals surface area contributed by atoms with Crippen molar-refractivity contribution < 1.29 is 23.8 Å². The molecule has 166 valence electrons. The van der Waals surface area contributed by atoms with Crippen molar-refractivity contribution in [1.29, 1.82) is 0 Å². The predicted octanol–water partition coefficient (Wildman–Crippen LogP) is 2.92. The number of esters is 2. The van der Waals surface area contributed by atoms with E-state index in [1.54, 1.807) is 0 Å². The van der Waals surface area contributed by atoms with Crippen molar-refractivity contribution in [2.24, 2.45) is 5.92 Å². The minimum absolute atomic E-state index is 0.00134. The van der Waals surface area contributed by atoms with E-state index in [1.165, 1.54) is 6.42 Å². The standard InChI is InChI=1S/C22H38N2O5/c1-5-27-19(25)16-9-11-17(12-10-16)28-21(23-13-7-14-23)24-15-6-8-18(24)20(26)29-22(2,3)4/h16-18,21H,5-15H2,1-4H3/t16?,17?,18-,21-/m0/s1. The van der Waals surface area contributed by atoms with Gasteiger partial charge in [0.15, 0.2) is 6.35 Å². The highest BCUT2D eigenvalue weighted by atomic mass is 16.6. The molecule has 3 rings (SSSR count). The van der Waals surface area contributed by atoms with E-state index in [4.69, 9.17) is 14.2 Å². The first-order valence-corrected chi connectivity index (χ1v) is 11.3. The van der Waals surface area contributed by atoms with Crippen LogP contribution in [0.1, 0.15) is 72.6 Å². The highest BCUT2D eigenvalue weighted by Crippen LogP contribution is 2.32. The maximum absolute atomic E-state index is 12.8. The Morgan fingerprint density at radius 3 is 2.21 bits per heavy atom. The molecule has 0 aromatic carbocycles. The van der Waals surface area contributed by atoms with Gasteiger partial charge in [0.25, 0.3) is 0 Å². The Hall–Kier alpha value is -1.18. The number of hydrogen-bond acceptors (Lipinski definition) is 7. The van der Waals surface area contributed by atoms with Gasteiger partial charge in [-0.1, -0.05) is 0 Å². The van der Waals surface area contributed by atoms with E-state index in [2.05, 4.69) is 9.80 Å². The quantitative estimate of drug-likeness (QED) is 0.598. The minimum Gasteiger partial charge on any atom is -0.466 e. The number of hydrogen-bond donors (Lipinski definition) is 0. The first-order valence-electron chi connectivity index (χ1n) is 11.3. The van der Waals surface area contributed by atoms with Crippen LogP contribution in [0.3, 0.4) is 0 Å². The first kappa shape index (κ1) is 22.5. The van der Waals surface area contributed by atoms with Crippen LogP contribution in [0.5, 0.6) is 0 Å². The average molecular weight is 411 g/mol. The third-order valence-electron chi connectivity index (χ3n) is 6.07. The van der Waals surface area contributed by atoms with Gasteiger partial charge in [-0.05, 0) is 72.6 Å². The number of likely N-dealkylation sites (tertiary alicyclic amines) is 2. The summed E-state index contributed by atoms with van der Waals surface area (Å²) >= 11 is 0. The van der Waals surface area contributed by atoms with Crippen LogP contribution < -0.4 is 0 Å². The maximum Gasteiger partial charge on any atom is 0.323 e. The largest absolute Gasteiger partial charge is 0.466 e. The molecule has 0 aromatic heterocycles. The van der Waals surface area contributed by atoms with Crippen molar-refractivity contribution in [2.75, 3.05) is 26.2 Å². The zero-order chi connectivity index (χ0) is 21.0. The fourth-order valence-electron chi connectivity index (χ4n) is 4.48. The number of ether oxygens (including phenoxy) is 3. The number of rotatable bonds is 7. The van der Waals surface area contributed by atoms with Crippen molar-refractivity contribution in [3.8, 4) is 0 Å². The van der Waals surface area contributed by atoms with Gasteiger partial charge in [-0.2, -0.15) is 0 Å². The second-order valence-corrected chi connectivity index (χ2v) is 9.51. The summed E-state index contributed by atoms with van der Waals surface area (Å²) in [5.74, 6) is -0.219. The third kappa shape index (κ3) is 5.92. The van der Waals surface area contributed by atoms with Crippen LogP contribution in [0, 0.1) is 5.92 Å². The number of carbonyl (C=O) groups excluding carboxylic acids is 2. The SMILES string of the molecule is CCOC(=O)C1CCC(O[C@@H](N2CCC2)N2CCC[C@H]2C(=O)OC(C)(C)C)CC1. The zero-order valence-electron chi connectivity index (χ0n) is 18.5. The monoisotopic (exact) mass is 410 g/mol. The molecule has 7 nitrogen and oxygen atoms in total. The van der Waals surface area contributed by atoms with Gasteiger partial charge in [-0.3, -0.25) is 19.4 Å². The number of carbonyl (C=O) groups is 2. The van der Waals surface area contributed by atoms with E-state index in [0.29, 0.717) is 6.61 Å². The molecule has 7 heteroatoms. The lowest BCUT2D eigenvalue weighted by molar-refractivity contribution is -0.214. The lowest BCUT2D eigenvalue weighted by Gasteiger charge is -2.46. The van der Waals surface area contributed by atoms with Crippen molar-refractivity contribution in [3.63, 3.8) is 0 Å². The molecule has 1 aliphatic carbocycles. The molecule has 2 heterocycles. The van der Waals surface area contributed by atoms with E-state index in [0.717, 1.165) is 58.2 Å². The molecule has 2 atom stereocenters. The molecule has 2 aliphatic heterocycles. The Bertz CT molecular complexity index is 564. The predicted molar refractivity (Wildman–Crippen MR) is 109 cm³/mol. The molecule has 0 amide bonds. The third-order valence-corrected chi connectivity index (χ3v) is 6.07. The van der Waals surface area contributed by atoms with Gasteiger partial charge in [-0.15, -0.1) is 0 Å². The topological polar surface area (TPSA) is 68.3 Å². The van der Waals surface area contributed by atoms with Gasteiger partial charge in [0.05, 0.1) is 18.6 Å².